The molecular weight excluding hydrogens is 302 g/mol. The van der Waals surface area contributed by atoms with Gasteiger partial charge in [0.15, 0.2) is 0 Å². The smallest absolute Gasteiger partial charge is 0.0723 e. The summed E-state index contributed by atoms with van der Waals surface area (Å²) < 4.78 is 11.5. The number of pyridine rings is 1. The van der Waals surface area contributed by atoms with Crippen LogP contribution in [0.25, 0.3) is 0 Å². The Labute approximate surface area is 145 Å². The summed E-state index contributed by atoms with van der Waals surface area (Å²) in [7, 11) is 3.95. The largest absolute Gasteiger partial charge is 0.383 e. The second-order valence-electron chi connectivity index (χ2n) is 7.37. The van der Waals surface area contributed by atoms with Gasteiger partial charge < -0.3 is 9.47 Å². The van der Waals surface area contributed by atoms with Crippen molar-refractivity contribution in [3.8, 4) is 0 Å². The maximum atomic E-state index is 6.29. The third-order valence-corrected chi connectivity index (χ3v) is 5.56. The fourth-order valence-electron chi connectivity index (χ4n) is 3.90. The van der Waals surface area contributed by atoms with Gasteiger partial charge in [-0.15, -0.1) is 0 Å². The van der Waals surface area contributed by atoms with E-state index in [4.69, 9.17) is 9.47 Å². The summed E-state index contributed by atoms with van der Waals surface area (Å²) in [4.78, 5) is 9.53. The minimum atomic E-state index is 0.0997. The first kappa shape index (κ1) is 17.8. The number of ether oxygens (including phenoxy) is 2. The van der Waals surface area contributed by atoms with Crippen LogP contribution in [0.4, 0.5) is 0 Å². The van der Waals surface area contributed by atoms with Crippen LogP contribution in [0.5, 0.6) is 0 Å². The molecule has 1 atom stereocenters. The molecule has 5 nitrogen and oxygen atoms in total. The molecule has 5 heteroatoms. The Morgan fingerprint density at radius 3 is 2.88 bits per heavy atom. The second kappa shape index (κ2) is 7.91. The zero-order valence-electron chi connectivity index (χ0n) is 15.3. The van der Waals surface area contributed by atoms with Crippen molar-refractivity contribution in [2.24, 2.45) is 0 Å². The molecule has 0 aromatic carbocycles. The minimum Gasteiger partial charge on any atom is -0.383 e. The lowest BCUT2D eigenvalue weighted by Crippen LogP contribution is -2.44. The molecule has 2 saturated heterocycles. The second-order valence-corrected chi connectivity index (χ2v) is 7.37. The number of rotatable bonds is 6. The number of hydrogen-bond acceptors (Lipinski definition) is 5. The highest BCUT2D eigenvalue weighted by atomic mass is 16.5. The average molecular weight is 333 g/mol. The van der Waals surface area contributed by atoms with Crippen LogP contribution in [-0.4, -0.2) is 73.4 Å². The van der Waals surface area contributed by atoms with Gasteiger partial charge in [-0.3, -0.25) is 14.8 Å². The Morgan fingerprint density at radius 1 is 1.38 bits per heavy atom. The number of hydrogen-bond donors (Lipinski definition) is 0. The van der Waals surface area contributed by atoms with Crippen LogP contribution in [0.1, 0.15) is 30.7 Å². The lowest BCUT2D eigenvalue weighted by Gasteiger charge is -2.38. The Morgan fingerprint density at radius 2 is 2.17 bits per heavy atom. The normalized spacial score (nSPS) is 24.1. The summed E-state index contributed by atoms with van der Waals surface area (Å²) in [6.07, 6.45) is 3.42. The number of aryl methyl sites for hydroxylation is 1. The summed E-state index contributed by atoms with van der Waals surface area (Å²) in [5, 5.41) is 0. The van der Waals surface area contributed by atoms with Crippen molar-refractivity contribution in [3.63, 3.8) is 0 Å². The zero-order valence-corrected chi connectivity index (χ0v) is 15.3. The number of piperidine rings is 1. The Kier molecular flexibility index (Phi) is 5.87. The van der Waals surface area contributed by atoms with Gasteiger partial charge in [0.05, 0.1) is 24.5 Å². The van der Waals surface area contributed by atoms with Gasteiger partial charge >= 0.3 is 0 Å². The predicted molar refractivity (Wildman–Crippen MR) is 95.1 cm³/mol. The average Bonchev–Trinajstić information content (AvgIpc) is 2.99. The number of likely N-dealkylation sites (N-methyl/N-ethyl adjacent to an activating group) is 1. The third kappa shape index (κ3) is 4.33. The predicted octanol–water partition coefficient (Wildman–Crippen LogP) is 2.09. The highest BCUT2D eigenvalue weighted by Crippen LogP contribution is 2.37. The summed E-state index contributed by atoms with van der Waals surface area (Å²) in [5.74, 6) is 0. The molecule has 1 aromatic rings. The van der Waals surface area contributed by atoms with Crippen molar-refractivity contribution < 1.29 is 9.47 Å². The first-order chi connectivity index (χ1) is 11.6. The van der Waals surface area contributed by atoms with Crippen LogP contribution < -0.4 is 0 Å². The van der Waals surface area contributed by atoms with E-state index in [0.717, 1.165) is 64.3 Å². The molecule has 1 aromatic heterocycles. The maximum Gasteiger partial charge on any atom is 0.0723 e. The van der Waals surface area contributed by atoms with E-state index >= 15 is 0 Å². The molecule has 1 unspecified atom stereocenters. The lowest BCUT2D eigenvalue weighted by atomic mass is 9.87. The van der Waals surface area contributed by atoms with E-state index in [1.54, 1.807) is 7.11 Å². The molecule has 0 bridgehead atoms. The van der Waals surface area contributed by atoms with Gasteiger partial charge in [-0.2, -0.15) is 0 Å². The molecule has 1 spiro atoms. The fraction of sp³-hybridized carbons (Fsp3) is 0.737. The summed E-state index contributed by atoms with van der Waals surface area (Å²) in [5.41, 5.74) is 2.38. The number of likely N-dealkylation sites (tertiary alicyclic amines) is 1. The Hall–Kier alpha value is -1.01. The Balaban J connectivity index is 1.48. The molecule has 3 heterocycles. The fourth-order valence-corrected chi connectivity index (χ4v) is 3.90. The third-order valence-electron chi connectivity index (χ3n) is 5.56. The van der Waals surface area contributed by atoms with Crippen molar-refractivity contribution in [1.29, 1.82) is 0 Å². The van der Waals surface area contributed by atoms with E-state index in [2.05, 4.69) is 47.0 Å². The number of nitrogens with zero attached hydrogens (tertiary/aromatic N) is 3. The van der Waals surface area contributed by atoms with Crippen molar-refractivity contribution in [2.75, 3.05) is 47.0 Å². The number of methoxy groups -OCH3 is 1. The molecule has 134 valence electrons. The van der Waals surface area contributed by atoms with E-state index in [9.17, 15) is 0 Å². The van der Waals surface area contributed by atoms with Crippen molar-refractivity contribution in [2.45, 2.75) is 44.4 Å². The molecule has 2 fully saturated rings. The molecule has 0 N–H and O–H groups in total. The summed E-state index contributed by atoms with van der Waals surface area (Å²) in [6.45, 7) is 7.84. The zero-order chi connectivity index (χ0) is 17.0. The molecule has 0 radical (unpaired) electrons. The molecule has 0 aliphatic carbocycles. The summed E-state index contributed by atoms with van der Waals surface area (Å²) in [6, 6.07) is 6.82. The van der Waals surface area contributed by atoms with E-state index in [1.165, 1.54) is 5.69 Å². The van der Waals surface area contributed by atoms with Crippen LogP contribution in [0.15, 0.2) is 18.2 Å². The van der Waals surface area contributed by atoms with E-state index in [1.807, 2.05) is 0 Å². The standard InChI is InChI=1S/C19H31N3O2/c1-16-5-4-6-17(20-16)14-22-9-7-19(8-10-22)13-18(15-24-19)21(2)11-12-23-3/h4-6,18H,7-15H2,1-3H3. The SMILES string of the molecule is COCCN(C)C1COC2(CCN(Cc3cccc(C)n3)CC2)C1. The molecule has 0 saturated carbocycles. The monoisotopic (exact) mass is 333 g/mol. The highest BCUT2D eigenvalue weighted by molar-refractivity contribution is 5.10. The van der Waals surface area contributed by atoms with Gasteiger partial charge in [-0.1, -0.05) is 6.07 Å². The Bertz CT molecular complexity index is 529. The van der Waals surface area contributed by atoms with Gasteiger partial charge in [0.1, 0.15) is 0 Å². The van der Waals surface area contributed by atoms with Crippen LogP contribution in [0, 0.1) is 6.92 Å². The van der Waals surface area contributed by atoms with Crippen LogP contribution >= 0.6 is 0 Å². The molecule has 0 amide bonds. The molecule has 2 aliphatic heterocycles. The van der Waals surface area contributed by atoms with Gasteiger partial charge in [-0.05, 0) is 45.4 Å². The first-order valence-electron chi connectivity index (χ1n) is 9.08. The lowest BCUT2D eigenvalue weighted by molar-refractivity contribution is -0.0454. The molecule has 24 heavy (non-hydrogen) atoms. The van der Waals surface area contributed by atoms with Crippen molar-refractivity contribution in [3.05, 3.63) is 29.6 Å². The molecular formula is C19H31N3O2. The molecule has 2 aliphatic rings. The highest BCUT2D eigenvalue weighted by Gasteiger charge is 2.43. The summed E-state index contributed by atoms with van der Waals surface area (Å²) >= 11 is 0. The number of aromatic nitrogens is 1. The van der Waals surface area contributed by atoms with Gasteiger partial charge in [0, 0.05) is 45.0 Å². The van der Waals surface area contributed by atoms with E-state index < -0.39 is 0 Å². The maximum absolute atomic E-state index is 6.29. The van der Waals surface area contributed by atoms with E-state index in [0.29, 0.717) is 6.04 Å². The van der Waals surface area contributed by atoms with Crippen LogP contribution in [0.2, 0.25) is 0 Å². The van der Waals surface area contributed by atoms with Crippen molar-refractivity contribution in [1.82, 2.24) is 14.8 Å². The van der Waals surface area contributed by atoms with E-state index in [-0.39, 0.29) is 5.60 Å². The quantitative estimate of drug-likeness (QED) is 0.797. The topological polar surface area (TPSA) is 37.8 Å². The van der Waals surface area contributed by atoms with Gasteiger partial charge in [0.25, 0.3) is 0 Å². The van der Waals surface area contributed by atoms with Gasteiger partial charge in [-0.25, -0.2) is 0 Å². The van der Waals surface area contributed by atoms with Gasteiger partial charge in [0.2, 0.25) is 0 Å². The first-order valence-corrected chi connectivity index (χ1v) is 9.08. The van der Waals surface area contributed by atoms with Crippen LogP contribution in [0.3, 0.4) is 0 Å². The minimum absolute atomic E-state index is 0.0997. The van der Waals surface area contributed by atoms with Crippen LogP contribution in [-0.2, 0) is 16.0 Å². The van der Waals surface area contributed by atoms with Crippen molar-refractivity contribution >= 4 is 0 Å². The molecule has 3 rings (SSSR count).